The number of H-pyrrole nitrogens is 1. The van der Waals surface area contributed by atoms with Crippen LogP contribution in [0.1, 0.15) is 11.3 Å². The number of aromatic nitrogens is 2. The largest absolute Gasteiger partial charge is 0.493 e. The number of benzene rings is 1. The van der Waals surface area contributed by atoms with Gasteiger partial charge in [0.2, 0.25) is 5.75 Å². The van der Waals surface area contributed by atoms with Gasteiger partial charge in [-0.25, -0.2) is 4.79 Å². The van der Waals surface area contributed by atoms with Gasteiger partial charge in [0.25, 0.3) is 0 Å². The Morgan fingerprint density at radius 2 is 1.84 bits per heavy atom. The molecular weight excluding hydrogens is 326 g/mol. The lowest BCUT2D eigenvalue weighted by molar-refractivity contribution is 0.262. The molecular formula is C16H21N5O4. The molecule has 1 aromatic heterocycles. The number of aromatic amines is 1. The highest BCUT2D eigenvalue weighted by Gasteiger charge is 2.19. The van der Waals surface area contributed by atoms with Crippen molar-refractivity contribution in [3.8, 4) is 17.2 Å². The first kappa shape index (κ1) is 16.9. The summed E-state index contributed by atoms with van der Waals surface area (Å²) < 4.78 is 15.8. The first-order valence-corrected chi connectivity index (χ1v) is 7.81. The maximum absolute atomic E-state index is 12.3. The molecule has 0 aliphatic carbocycles. The summed E-state index contributed by atoms with van der Waals surface area (Å²) in [6.45, 7) is 1.57. The molecule has 134 valence electrons. The van der Waals surface area contributed by atoms with Gasteiger partial charge in [0.05, 0.1) is 27.0 Å². The quantitative estimate of drug-likeness (QED) is 0.656. The Labute approximate surface area is 145 Å². The van der Waals surface area contributed by atoms with E-state index < -0.39 is 6.03 Å². The lowest BCUT2D eigenvalue weighted by atomic mass is 10.1. The highest BCUT2D eigenvalue weighted by atomic mass is 16.5. The van der Waals surface area contributed by atoms with Crippen molar-refractivity contribution in [1.82, 2.24) is 15.5 Å². The molecule has 0 unspecified atom stereocenters. The Kier molecular flexibility index (Phi) is 4.94. The van der Waals surface area contributed by atoms with Gasteiger partial charge in [-0.05, 0) is 0 Å². The van der Waals surface area contributed by atoms with Crippen LogP contribution in [0.25, 0.3) is 0 Å². The molecule has 3 rings (SSSR count). The molecule has 0 spiro atoms. The molecule has 1 aromatic carbocycles. The smallest absolute Gasteiger partial charge is 0.324 e. The second kappa shape index (κ2) is 7.31. The number of amides is 2. The number of hydrogen-bond acceptors (Lipinski definition) is 6. The van der Waals surface area contributed by atoms with Gasteiger partial charge in [-0.15, -0.1) is 0 Å². The van der Waals surface area contributed by atoms with Crippen LogP contribution in [-0.2, 0) is 13.0 Å². The summed E-state index contributed by atoms with van der Waals surface area (Å²) in [5.41, 5.74) is 2.53. The van der Waals surface area contributed by atoms with Gasteiger partial charge in [0.1, 0.15) is 0 Å². The number of urea groups is 1. The van der Waals surface area contributed by atoms with Gasteiger partial charge in [-0.1, -0.05) is 0 Å². The molecule has 0 atom stereocenters. The number of hydrogen-bond donors (Lipinski definition) is 4. The number of ether oxygens (including phenoxy) is 3. The van der Waals surface area contributed by atoms with Crippen molar-refractivity contribution in [2.24, 2.45) is 0 Å². The van der Waals surface area contributed by atoms with E-state index >= 15 is 0 Å². The number of anilines is 2. The summed E-state index contributed by atoms with van der Waals surface area (Å²) in [5.74, 6) is 1.90. The van der Waals surface area contributed by atoms with Crippen LogP contribution < -0.4 is 30.2 Å². The zero-order valence-electron chi connectivity index (χ0n) is 14.4. The van der Waals surface area contributed by atoms with Crippen LogP contribution in [-0.4, -0.2) is 44.1 Å². The van der Waals surface area contributed by atoms with E-state index in [0.717, 1.165) is 24.2 Å². The fourth-order valence-corrected chi connectivity index (χ4v) is 2.75. The van der Waals surface area contributed by atoms with E-state index in [-0.39, 0.29) is 0 Å². The van der Waals surface area contributed by atoms with E-state index in [1.807, 2.05) is 0 Å². The predicted octanol–water partition coefficient (Wildman–Crippen LogP) is 1.73. The minimum Gasteiger partial charge on any atom is -0.493 e. The van der Waals surface area contributed by atoms with Gasteiger partial charge in [-0.2, -0.15) is 5.10 Å². The Bertz CT molecular complexity index is 749. The zero-order chi connectivity index (χ0) is 17.8. The van der Waals surface area contributed by atoms with Gasteiger partial charge >= 0.3 is 6.03 Å². The number of carbonyl (C=O) groups is 1. The Morgan fingerprint density at radius 3 is 2.48 bits per heavy atom. The molecule has 0 radical (unpaired) electrons. The molecule has 0 saturated carbocycles. The fraction of sp³-hybridized carbons (Fsp3) is 0.375. The Morgan fingerprint density at radius 1 is 1.12 bits per heavy atom. The SMILES string of the molecule is COc1cc(NC(=O)Nc2n[nH]c3c2CNCC3)cc(OC)c1OC. The molecule has 2 amide bonds. The molecule has 0 saturated heterocycles. The number of nitrogens with one attached hydrogen (secondary N) is 4. The predicted molar refractivity (Wildman–Crippen MR) is 92.7 cm³/mol. The highest BCUT2D eigenvalue weighted by molar-refractivity contribution is 6.00. The molecule has 9 heteroatoms. The summed E-state index contributed by atoms with van der Waals surface area (Å²) >= 11 is 0. The molecule has 25 heavy (non-hydrogen) atoms. The molecule has 0 bridgehead atoms. The van der Waals surface area contributed by atoms with Crippen molar-refractivity contribution >= 4 is 17.5 Å². The molecule has 1 aliphatic rings. The van der Waals surface area contributed by atoms with E-state index in [0.29, 0.717) is 35.3 Å². The lowest BCUT2D eigenvalue weighted by Crippen LogP contribution is -2.25. The van der Waals surface area contributed by atoms with Gasteiger partial charge in [0, 0.05) is 42.9 Å². The van der Waals surface area contributed by atoms with Crippen molar-refractivity contribution in [2.45, 2.75) is 13.0 Å². The van der Waals surface area contributed by atoms with Crippen LogP contribution in [0.4, 0.5) is 16.3 Å². The summed E-state index contributed by atoms with van der Waals surface area (Å²) in [4.78, 5) is 12.3. The van der Waals surface area contributed by atoms with Gasteiger partial charge in [-0.3, -0.25) is 10.4 Å². The third kappa shape index (κ3) is 3.45. The van der Waals surface area contributed by atoms with E-state index in [2.05, 4.69) is 26.1 Å². The van der Waals surface area contributed by atoms with Gasteiger partial charge < -0.3 is 24.8 Å². The monoisotopic (exact) mass is 347 g/mol. The van der Waals surface area contributed by atoms with Crippen LogP contribution in [0.15, 0.2) is 12.1 Å². The van der Waals surface area contributed by atoms with Crippen LogP contribution in [0.3, 0.4) is 0 Å². The van der Waals surface area contributed by atoms with E-state index in [1.54, 1.807) is 12.1 Å². The lowest BCUT2D eigenvalue weighted by Gasteiger charge is -2.15. The Hall–Kier alpha value is -2.94. The zero-order valence-corrected chi connectivity index (χ0v) is 14.4. The number of carbonyl (C=O) groups excluding carboxylic acids is 1. The minimum absolute atomic E-state index is 0.408. The van der Waals surface area contributed by atoms with Crippen LogP contribution in [0.2, 0.25) is 0 Å². The summed E-state index contributed by atoms with van der Waals surface area (Å²) in [6.07, 6.45) is 0.860. The maximum Gasteiger partial charge on any atom is 0.324 e. The third-order valence-electron chi connectivity index (χ3n) is 3.96. The van der Waals surface area contributed by atoms with Crippen molar-refractivity contribution in [3.05, 3.63) is 23.4 Å². The molecule has 2 heterocycles. The molecule has 2 aromatic rings. The second-order valence-corrected chi connectivity index (χ2v) is 5.45. The minimum atomic E-state index is -0.408. The number of nitrogens with zero attached hydrogens (tertiary/aromatic N) is 1. The van der Waals surface area contributed by atoms with Crippen LogP contribution in [0.5, 0.6) is 17.2 Å². The number of rotatable bonds is 5. The van der Waals surface area contributed by atoms with Gasteiger partial charge in [0.15, 0.2) is 17.3 Å². The average molecular weight is 347 g/mol. The fourth-order valence-electron chi connectivity index (χ4n) is 2.75. The normalized spacial score (nSPS) is 12.9. The molecule has 4 N–H and O–H groups in total. The standard InChI is InChI=1S/C16H21N5O4/c1-23-12-6-9(7-13(24-2)14(12)25-3)18-16(22)19-15-10-8-17-5-4-11(10)20-21-15/h6-7,17H,4-5,8H2,1-3H3,(H3,18,19,20,21,22). The van der Waals surface area contributed by atoms with Crippen LogP contribution in [0, 0.1) is 0 Å². The van der Waals surface area contributed by atoms with E-state index in [4.69, 9.17) is 14.2 Å². The topological polar surface area (TPSA) is 110 Å². The molecule has 1 aliphatic heterocycles. The first-order valence-electron chi connectivity index (χ1n) is 7.81. The summed E-state index contributed by atoms with van der Waals surface area (Å²) in [7, 11) is 4.56. The molecule has 9 nitrogen and oxygen atoms in total. The Balaban J connectivity index is 1.76. The van der Waals surface area contributed by atoms with Crippen molar-refractivity contribution < 1.29 is 19.0 Å². The van der Waals surface area contributed by atoms with E-state index in [9.17, 15) is 4.79 Å². The van der Waals surface area contributed by atoms with Crippen LogP contribution >= 0.6 is 0 Å². The van der Waals surface area contributed by atoms with Crippen molar-refractivity contribution in [2.75, 3.05) is 38.5 Å². The maximum atomic E-state index is 12.3. The third-order valence-corrected chi connectivity index (χ3v) is 3.96. The van der Waals surface area contributed by atoms with Crippen molar-refractivity contribution in [1.29, 1.82) is 0 Å². The number of fused-ring (bicyclic) bond motifs is 1. The highest BCUT2D eigenvalue weighted by Crippen LogP contribution is 2.39. The summed E-state index contributed by atoms with van der Waals surface area (Å²) in [6, 6.07) is 2.90. The average Bonchev–Trinajstić information content (AvgIpc) is 3.03. The summed E-state index contributed by atoms with van der Waals surface area (Å²) in [5, 5.41) is 15.9. The molecule has 0 fully saturated rings. The first-order chi connectivity index (χ1) is 12.2. The van der Waals surface area contributed by atoms with E-state index in [1.165, 1.54) is 21.3 Å². The van der Waals surface area contributed by atoms with Crippen molar-refractivity contribution in [3.63, 3.8) is 0 Å². The second-order valence-electron chi connectivity index (χ2n) is 5.45. The number of methoxy groups -OCH3 is 3.